The summed E-state index contributed by atoms with van der Waals surface area (Å²) < 4.78 is 2.18. The van der Waals surface area contributed by atoms with E-state index in [1.807, 2.05) is 24.5 Å². The van der Waals surface area contributed by atoms with E-state index in [-0.39, 0.29) is 0 Å². The molecule has 1 atom stereocenters. The van der Waals surface area contributed by atoms with Gasteiger partial charge in [-0.2, -0.15) is 0 Å². The monoisotopic (exact) mass is 410 g/mol. The molecule has 0 amide bonds. The average molecular weight is 411 g/mol. The van der Waals surface area contributed by atoms with Crippen molar-refractivity contribution in [2.45, 2.75) is 31.7 Å². The molecular formula is C25H26N6. The first kappa shape index (κ1) is 18.5. The maximum atomic E-state index is 5.12. The van der Waals surface area contributed by atoms with E-state index in [0.29, 0.717) is 12.0 Å². The second-order valence-electron chi connectivity index (χ2n) is 8.63. The number of anilines is 1. The molecular weight excluding hydrogens is 384 g/mol. The summed E-state index contributed by atoms with van der Waals surface area (Å²) in [6, 6.07) is 17.5. The van der Waals surface area contributed by atoms with Crippen molar-refractivity contribution in [3.05, 3.63) is 66.5 Å². The van der Waals surface area contributed by atoms with Gasteiger partial charge in [0.2, 0.25) is 0 Å². The van der Waals surface area contributed by atoms with Crippen LogP contribution < -0.4 is 10.2 Å². The molecule has 156 valence electrons. The molecule has 0 spiro atoms. The number of hydrogen-bond acceptors (Lipinski definition) is 5. The van der Waals surface area contributed by atoms with Gasteiger partial charge in [0, 0.05) is 43.6 Å². The molecule has 2 aliphatic rings. The molecule has 6 nitrogen and oxygen atoms in total. The summed E-state index contributed by atoms with van der Waals surface area (Å²) in [7, 11) is 0. The first-order valence-electron chi connectivity index (χ1n) is 11.2. The summed E-state index contributed by atoms with van der Waals surface area (Å²) in [4.78, 5) is 16.8. The summed E-state index contributed by atoms with van der Waals surface area (Å²) in [5.74, 6) is 2.65. The fourth-order valence-corrected chi connectivity index (χ4v) is 4.57. The number of nitrogens with one attached hydrogen (secondary N) is 1. The van der Waals surface area contributed by atoms with Crippen LogP contribution in [0, 0.1) is 0 Å². The minimum Gasteiger partial charge on any atom is -0.351 e. The van der Waals surface area contributed by atoms with Crippen molar-refractivity contribution in [2.75, 3.05) is 24.5 Å². The molecule has 1 saturated carbocycles. The molecule has 1 N–H and O–H groups in total. The molecule has 1 aliphatic carbocycles. The number of aromatic nitrogens is 4. The smallest absolute Gasteiger partial charge is 0.167 e. The third-order valence-corrected chi connectivity index (χ3v) is 6.40. The third-order valence-electron chi connectivity index (χ3n) is 6.40. The molecule has 31 heavy (non-hydrogen) atoms. The Morgan fingerprint density at radius 1 is 1.00 bits per heavy atom. The number of piperazine rings is 1. The fourth-order valence-electron chi connectivity index (χ4n) is 4.57. The minimum atomic E-state index is 0.408. The average Bonchev–Trinajstić information content (AvgIpc) is 3.60. The third kappa shape index (κ3) is 3.37. The zero-order valence-electron chi connectivity index (χ0n) is 17.7. The number of benzene rings is 1. The number of pyridine rings is 2. The SMILES string of the molecule is C[C@@H]1CNCCN1c1ccc2nc(-c3cccc(C4CC4)c3)n(-c3ccncc3)c2n1. The number of rotatable bonds is 4. The highest BCUT2D eigenvalue weighted by Gasteiger charge is 2.25. The maximum Gasteiger partial charge on any atom is 0.167 e. The van der Waals surface area contributed by atoms with E-state index in [9.17, 15) is 0 Å². The van der Waals surface area contributed by atoms with Gasteiger partial charge in [-0.25, -0.2) is 9.97 Å². The zero-order chi connectivity index (χ0) is 20.8. The van der Waals surface area contributed by atoms with E-state index in [0.717, 1.165) is 53.7 Å². The Labute approximate surface area is 182 Å². The summed E-state index contributed by atoms with van der Waals surface area (Å²) in [5.41, 5.74) is 5.38. The van der Waals surface area contributed by atoms with Crippen LogP contribution >= 0.6 is 0 Å². The first-order valence-corrected chi connectivity index (χ1v) is 11.2. The number of fused-ring (bicyclic) bond motifs is 1. The lowest BCUT2D eigenvalue weighted by Crippen LogP contribution is -2.50. The first-order chi connectivity index (χ1) is 15.3. The van der Waals surface area contributed by atoms with Crippen molar-refractivity contribution >= 4 is 17.0 Å². The summed E-state index contributed by atoms with van der Waals surface area (Å²) in [6.45, 7) is 5.15. The Kier molecular flexibility index (Phi) is 4.46. The Balaban J connectivity index is 1.54. The summed E-state index contributed by atoms with van der Waals surface area (Å²) >= 11 is 0. The van der Waals surface area contributed by atoms with E-state index in [1.54, 1.807) is 0 Å². The molecule has 2 fully saturated rings. The molecule has 0 bridgehead atoms. The Bertz CT molecular complexity index is 1230. The lowest BCUT2D eigenvalue weighted by atomic mass is 10.1. The Morgan fingerprint density at radius 3 is 2.68 bits per heavy atom. The van der Waals surface area contributed by atoms with Crippen molar-refractivity contribution in [2.24, 2.45) is 0 Å². The Hall–Kier alpha value is -3.25. The predicted molar refractivity (Wildman–Crippen MR) is 124 cm³/mol. The van der Waals surface area contributed by atoms with Crippen LogP contribution in [-0.2, 0) is 0 Å². The molecule has 0 unspecified atom stereocenters. The van der Waals surface area contributed by atoms with Gasteiger partial charge >= 0.3 is 0 Å². The van der Waals surface area contributed by atoms with E-state index in [2.05, 4.69) is 63.1 Å². The van der Waals surface area contributed by atoms with Gasteiger partial charge < -0.3 is 10.2 Å². The highest BCUT2D eigenvalue weighted by Crippen LogP contribution is 2.41. The van der Waals surface area contributed by atoms with Crippen LogP contribution in [0.15, 0.2) is 60.9 Å². The van der Waals surface area contributed by atoms with Crippen LogP contribution in [0.4, 0.5) is 5.82 Å². The number of imidazole rings is 1. The molecule has 4 aromatic rings. The van der Waals surface area contributed by atoms with Crippen LogP contribution in [0.5, 0.6) is 0 Å². The summed E-state index contributed by atoms with van der Waals surface area (Å²) in [5, 5.41) is 3.46. The molecule has 1 saturated heterocycles. The van der Waals surface area contributed by atoms with Gasteiger partial charge in [-0.1, -0.05) is 18.2 Å². The van der Waals surface area contributed by atoms with Crippen molar-refractivity contribution in [1.29, 1.82) is 0 Å². The predicted octanol–water partition coefficient (Wildman–Crippen LogP) is 4.16. The highest BCUT2D eigenvalue weighted by molar-refractivity contribution is 5.81. The van der Waals surface area contributed by atoms with Crippen LogP contribution in [-0.4, -0.2) is 45.2 Å². The highest BCUT2D eigenvalue weighted by atomic mass is 15.3. The number of nitrogens with zero attached hydrogens (tertiary/aromatic N) is 5. The van der Waals surface area contributed by atoms with E-state index in [1.165, 1.54) is 18.4 Å². The fraction of sp³-hybridized carbons (Fsp3) is 0.320. The summed E-state index contributed by atoms with van der Waals surface area (Å²) in [6.07, 6.45) is 6.23. The second-order valence-corrected chi connectivity index (χ2v) is 8.63. The van der Waals surface area contributed by atoms with Gasteiger partial charge in [-0.05, 0) is 61.6 Å². The van der Waals surface area contributed by atoms with Crippen LogP contribution in [0.2, 0.25) is 0 Å². The van der Waals surface area contributed by atoms with Crippen LogP contribution in [0.3, 0.4) is 0 Å². The van der Waals surface area contributed by atoms with Gasteiger partial charge in [0.05, 0.1) is 5.69 Å². The van der Waals surface area contributed by atoms with Crippen LogP contribution in [0.1, 0.15) is 31.2 Å². The molecule has 0 radical (unpaired) electrons. The quantitative estimate of drug-likeness (QED) is 0.548. The van der Waals surface area contributed by atoms with E-state index < -0.39 is 0 Å². The Morgan fingerprint density at radius 2 is 1.87 bits per heavy atom. The zero-order valence-corrected chi connectivity index (χ0v) is 17.7. The molecule has 1 aliphatic heterocycles. The number of hydrogen-bond donors (Lipinski definition) is 1. The van der Waals surface area contributed by atoms with Gasteiger partial charge in [-0.3, -0.25) is 9.55 Å². The van der Waals surface area contributed by atoms with Crippen LogP contribution in [0.25, 0.3) is 28.2 Å². The van der Waals surface area contributed by atoms with Crippen molar-refractivity contribution in [1.82, 2.24) is 24.8 Å². The lowest BCUT2D eigenvalue weighted by Gasteiger charge is -2.34. The molecule has 4 heterocycles. The van der Waals surface area contributed by atoms with E-state index in [4.69, 9.17) is 9.97 Å². The lowest BCUT2D eigenvalue weighted by molar-refractivity contribution is 0.497. The molecule has 1 aromatic carbocycles. The topological polar surface area (TPSA) is 58.9 Å². The second kappa shape index (κ2) is 7.46. The molecule has 3 aromatic heterocycles. The van der Waals surface area contributed by atoms with Crippen molar-refractivity contribution < 1.29 is 0 Å². The standard InChI is InChI=1S/C25H26N6/c1-17-16-27-13-14-30(17)23-8-7-22-25(29-23)31(21-9-11-26-12-10-21)24(28-22)20-4-2-3-19(15-20)18-5-6-18/h2-4,7-12,15,17-18,27H,5-6,13-14,16H2,1H3/t17-/m1/s1. The van der Waals surface area contributed by atoms with E-state index >= 15 is 0 Å². The van der Waals surface area contributed by atoms with Crippen molar-refractivity contribution in [3.63, 3.8) is 0 Å². The van der Waals surface area contributed by atoms with Gasteiger partial charge in [0.1, 0.15) is 17.2 Å². The molecule has 6 heteroatoms. The van der Waals surface area contributed by atoms with Crippen molar-refractivity contribution in [3.8, 4) is 17.1 Å². The largest absolute Gasteiger partial charge is 0.351 e. The van der Waals surface area contributed by atoms with Gasteiger partial charge in [0.25, 0.3) is 0 Å². The molecule has 6 rings (SSSR count). The maximum absolute atomic E-state index is 5.12. The minimum absolute atomic E-state index is 0.408. The van der Waals surface area contributed by atoms with Gasteiger partial charge in [0.15, 0.2) is 5.65 Å². The van der Waals surface area contributed by atoms with Gasteiger partial charge in [-0.15, -0.1) is 0 Å². The normalized spacial score (nSPS) is 19.1.